The van der Waals surface area contributed by atoms with Gasteiger partial charge < -0.3 is 5.32 Å². The van der Waals surface area contributed by atoms with E-state index in [1.807, 2.05) is 19.1 Å². The normalized spacial score (nSPS) is 12.8. The quantitative estimate of drug-likeness (QED) is 0.786. The summed E-state index contributed by atoms with van der Waals surface area (Å²) < 4.78 is 13.4. The highest BCUT2D eigenvalue weighted by Crippen LogP contribution is 2.12. The second-order valence-electron chi connectivity index (χ2n) is 4.09. The third-order valence-corrected chi connectivity index (χ3v) is 2.60. The molecule has 0 aromatic heterocycles. The zero-order valence-electron chi connectivity index (χ0n) is 9.81. The Balaban J connectivity index is 2.53. The Bertz CT molecular complexity index is 309. The molecule has 0 aliphatic rings. The molecule has 1 aromatic carbocycles. The molecule has 0 bridgehead atoms. The lowest BCUT2D eigenvalue weighted by molar-refractivity contribution is 0.520. The van der Waals surface area contributed by atoms with E-state index in [2.05, 4.69) is 19.2 Å². The molecule has 1 rings (SSSR count). The summed E-state index contributed by atoms with van der Waals surface area (Å²) in [6.45, 7) is 7.19. The van der Waals surface area contributed by atoms with Crippen LogP contribution in [-0.2, 0) is 6.42 Å². The summed E-state index contributed by atoms with van der Waals surface area (Å²) in [5.74, 6) is -0.0794. The van der Waals surface area contributed by atoms with Crippen molar-refractivity contribution < 1.29 is 4.39 Å². The van der Waals surface area contributed by atoms with Crippen LogP contribution in [0.2, 0.25) is 0 Å². The summed E-state index contributed by atoms with van der Waals surface area (Å²) in [6, 6.07) is 5.76. The first kappa shape index (κ1) is 12.2. The first-order valence-corrected chi connectivity index (χ1v) is 5.62. The van der Waals surface area contributed by atoms with E-state index in [0.717, 1.165) is 30.5 Å². The van der Waals surface area contributed by atoms with Gasteiger partial charge in [0, 0.05) is 6.04 Å². The molecule has 15 heavy (non-hydrogen) atoms. The lowest BCUT2D eigenvalue weighted by Crippen LogP contribution is -2.26. The third kappa shape index (κ3) is 4.00. The number of benzene rings is 1. The Labute approximate surface area is 91.7 Å². The number of halogens is 1. The molecule has 0 saturated carbocycles. The van der Waals surface area contributed by atoms with Gasteiger partial charge in [-0.3, -0.25) is 0 Å². The summed E-state index contributed by atoms with van der Waals surface area (Å²) in [7, 11) is 0. The molecule has 1 N–H and O–H groups in total. The molecule has 1 aromatic rings. The smallest absolute Gasteiger partial charge is 0.126 e. The minimum Gasteiger partial charge on any atom is -0.315 e. The van der Waals surface area contributed by atoms with E-state index in [1.54, 1.807) is 6.07 Å². The van der Waals surface area contributed by atoms with E-state index in [0.29, 0.717) is 6.04 Å². The van der Waals surface area contributed by atoms with Crippen molar-refractivity contribution in [1.29, 1.82) is 0 Å². The average Bonchev–Trinajstić information content (AvgIpc) is 2.20. The van der Waals surface area contributed by atoms with Crippen molar-refractivity contribution in [2.45, 2.75) is 39.7 Å². The van der Waals surface area contributed by atoms with Crippen molar-refractivity contribution in [2.75, 3.05) is 6.54 Å². The molecular formula is C13H20FN. The average molecular weight is 209 g/mol. The van der Waals surface area contributed by atoms with E-state index >= 15 is 0 Å². The Hall–Kier alpha value is -0.890. The maximum Gasteiger partial charge on any atom is 0.126 e. The van der Waals surface area contributed by atoms with Crippen molar-refractivity contribution in [3.63, 3.8) is 0 Å². The number of hydrogen-bond donors (Lipinski definition) is 1. The van der Waals surface area contributed by atoms with Gasteiger partial charge >= 0.3 is 0 Å². The van der Waals surface area contributed by atoms with Crippen LogP contribution in [0, 0.1) is 12.7 Å². The van der Waals surface area contributed by atoms with Crippen LogP contribution in [0.1, 0.15) is 31.4 Å². The van der Waals surface area contributed by atoms with Crippen LogP contribution in [-0.4, -0.2) is 12.6 Å². The van der Waals surface area contributed by atoms with Gasteiger partial charge in [0.1, 0.15) is 5.82 Å². The molecular weight excluding hydrogens is 189 g/mol. The minimum atomic E-state index is -0.0794. The topological polar surface area (TPSA) is 12.0 Å². The fourth-order valence-electron chi connectivity index (χ4n) is 1.72. The van der Waals surface area contributed by atoms with Crippen LogP contribution in [0.15, 0.2) is 18.2 Å². The van der Waals surface area contributed by atoms with Gasteiger partial charge in [0.05, 0.1) is 0 Å². The highest BCUT2D eigenvalue weighted by Gasteiger charge is 2.05. The SMILES string of the molecule is CCNC(C)CCc1cc(C)ccc1F. The van der Waals surface area contributed by atoms with E-state index in [-0.39, 0.29) is 5.82 Å². The van der Waals surface area contributed by atoms with Gasteiger partial charge in [0.25, 0.3) is 0 Å². The summed E-state index contributed by atoms with van der Waals surface area (Å²) in [4.78, 5) is 0. The second kappa shape index (κ2) is 5.86. The molecule has 0 spiro atoms. The molecule has 0 heterocycles. The van der Waals surface area contributed by atoms with Crippen LogP contribution in [0.5, 0.6) is 0 Å². The fourth-order valence-corrected chi connectivity index (χ4v) is 1.72. The van der Waals surface area contributed by atoms with E-state index in [4.69, 9.17) is 0 Å². The number of rotatable bonds is 5. The number of aryl methyl sites for hydroxylation is 2. The van der Waals surface area contributed by atoms with Gasteiger partial charge in [-0.15, -0.1) is 0 Å². The van der Waals surface area contributed by atoms with Gasteiger partial charge in [0.2, 0.25) is 0 Å². The molecule has 0 saturated heterocycles. The first-order valence-electron chi connectivity index (χ1n) is 5.62. The van der Waals surface area contributed by atoms with E-state index in [1.165, 1.54) is 0 Å². The van der Waals surface area contributed by atoms with E-state index in [9.17, 15) is 4.39 Å². The zero-order chi connectivity index (χ0) is 11.3. The molecule has 0 amide bonds. The number of hydrogen-bond acceptors (Lipinski definition) is 1. The Kier molecular flexibility index (Phi) is 4.76. The molecule has 0 aliphatic carbocycles. The van der Waals surface area contributed by atoms with Crippen LogP contribution in [0.3, 0.4) is 0 Å². The van der Waals surface area contributed by atoms with Crippen molar-refractivity contribution in [1.82, 2.24) is 5.32 Å². The molecule has 1 unspecified atom stereocenters. The summed E-state index contributed by atoms with van der Waals surface area (Å²) >= 11 is 0. The van der Waals surface area contributed by atoms with Gasteiger partial charge in [-0.25, -0.2) is 4.39 Å². The largest absolute Gasteiger partial charge is 0.315 e. The van der Waals surface area contributed by atoms with Gasteiger partial charge in [-0.05, 0) is 44.9 Å². The minimum absolute atomic E-state index is 0.0794. The first-order chi connectivity index (χ1) is 7.13. The second-order valence-corrected chi connectivity index (χ2v) is 4.09. The summed E-state index contributed by atoms with van der Waals surface area (Å²) in [6.07, 6.45) is 1.79. The monoisotopic (exact) mass is 209 g/mol. The van der Waals surface area contributed by atoms with Crippen molar-refractivity contribution in [3.05, 3.63) is 35.1 Å². The molecule has 1 nitrogen and oxygen atoms in total. The molecule has 2 heteroatoms. The highest BCUT2D eigenvalue weighted by atomic mass is 19.1. The predicted octanol–water partition coefficient (Wildman–Crippen LogP) is 3.06. The van der Waals surface area contributed by atoms with Gasteiger partial charge in [-0.1, -0.05) is 24.6 Å². The Morgan fingerprint density at radius 2 is 2.13 bits per heavy atom. The third-order valence-electron chi connectivity index (χ3n) is 2.60. The summed E-state index contributed by atoms with van der Waals surface area (Å²) in [5, 5.41) is 3.33. The van der Waals surface area contributed by atoms with Crippen molar-refractivity contribution in [3.8, 4) is 0 Å². The lowest BCUT2D eigenvalue weighted by Gasteiger charge is -2.12. The highest BCUT2D eigenvalue weighted by molar-refractivity contribution is 5.24. The molecule has 84 valence electrons. The van der Waals surface area contributed by atoms with Crippen molar-refractivity contribution >= 4 is 0 Å². The van der Waals surface area contributed by atoms with E-state index < -0.39 is 0 Å². The van der Waals surface area contributed by atoms with Crippen molar-refractivity contribution in [2.24, 2.45) is 0 Å². The van der Waals surface area contributed by atoms with Crippen LogP contribution in [0.4, 0.5) is 4.39 Å². The van der Waals surface area contributed by atoms with Crippen LogP contribution >= 0.6 is 0 Å². The molecule has 0 aliphatic heterocycles. The van der Waals surface area contributed by atoms with Gasteiger partial charge in [0.15, 0.2) is 0 Å². The van der Waals surface area contributed by atoms with Gasteiger partial charge in [-0.2, -0.15) is 0 Å². The maximum absolute atomic E-state index is 13.4. The Morgan fingerprint density at radius 3 is 2.80 bits per heavy atom. The lowest BCUT2D eigenvalue weighted by atomic mass is 10.0. The predicted molar refractivity (Wildman–Crippen MR) is 62.6 cm³/mol. The van der Waals surface area contributed by atoms with Crippen LogP contribution in [0.25, 0.3) is 0 Å². The molecule has 0 radical (unpaired) electrons. The summed E-state index contributed by atoms with van der Waals surface area (Å²) in [5.41, 5.74) is 1.96. The maximum atomic E-state index is 13.4. The molecule has 1 atom stereocenters. The Morgan fingerprint density at radius 1 is 1.40 bits per heavy atom. The molecule has 0 fully saturated rings. The standard InChI is InChI=1S/C13H20FN/c1-4-15-11(3)6-7-12-9-10(2)5-8-13(12)14/h5,8-9,11,15H,4,6-7H2,1-3H3. The number of nitrogens with one attached hydrogen (secondary N) is 1. The fraction of sp³-hybridized carbons (Fsp3) is 0.538. The zero-order valence-corrected chi connectivity index (χ0v) is 9.81. The van der Waals surface area contributed by atoms with Crippen LogP contribution < -0.4 is 5.32 Å².